The van der Waals surface area contributed by atoms with Gasteiger partial charge in [-0.15, -0.1) is 40.0 Å². The van der Waals surface area contributed by atoms with E-state index >= 15 is 0 Å². The number of thioether (sulfide) groups is 2. The maximum Gasteiger partial charge on any atom is 0.375 e. The first-order valence-electron chi connectivity index (χ1n) is 15.9. The number of carboxylic acid groups (broad SMARTS) is 2. The summed E-state index contributed by atoms with van der Waals surface area (Å²) in [4.78, 5) is 95.0. The summed E-state index contributed by atoms with van der Waals surface area (Å²) in [6.07, 6.45) is 0. The summed E-state index contributed by atoms with van der Waals surface area (Å²) in [5.41, 5.74) is 8.29. The molecule has 3 aromatic heterocycles. The largest absolute Gasteiger partial charge is 0.504 e. The molecule has 0 unspecified atom stereocenters. The third kappa shape index (κ3) is 7.85. The van der Waals surface area contributed by atoms with Crippen molar-refractivity contribution in [1.29, 1.82) is 0 Å². The number of nitrogens with one attached hydrogen (secondary N) is 3. The summed E-state index contributed by atoms with van der Waals surface area (Å²) in [6, 6.07) is 3.70. The molecule has 9 N–H and O–H groups in total. The van der Waals surface area contributed by atoms with Crippen molar-refractivity contribution in [2.75, 3.05) is 17.2 Å². The van der Waals surface area contributed by atoms with Gasteiger partial charge in [-0.1, -0.05) is 5.16 Å². The Morgan fingerprint density at radius 1 is 1.07 bits per heavy atom. The van der Waals surface area contributed by atoms with Gasteiger partial charge >= 0.3 is 11.9 Å². The first kappa shape index (κ1) is 39.2. The maximum absolute atomic E-state index is 13.6. The highest BCUT2D eigenvalue weighted by molar-refractivity contribution is 8.01. The first-order valence-corrected chi connectivity index (χ1v) is 18.8. The number of aromatic nitrogens is 5. The van der Waals surface area contributed by atoms with Crippen LogP contribution in [0.25, 0.3) is 5.78 Å². The number of phenols is 2. The van der Waals surface area contributed by atoms with E-state index in [0.717, 1.165) is 40.1 Å². The summed E-state index contributed by atoms with van der Waals surface area (Å²) >= 11 is 3.34. The van der Waals surface area contributed by atoms with Crippen LogP contribution in [-0.4, -0.2) is 120 Å². The minimum Gasteiger partial charge on any atom is -0.504 e. The number of aromatic hydroxyl groups is 2. The van der Waals surface area contributed by atoms with Crippen molar-refractivity contribution in [1.82, 2.24) is 45.6 Å². The molecule has 2 atom stereocenters. The summed E-state index contributed by atoms with van der Waals surface area (Å²) < 4.78 is 1.27. The number of β-lactam (4-membered cyclic amide) rings is 1. The molecule has 22 nitrogen and oxygen atoms in total. The van der Waals surface area contributed by atoms with Crippen LogP contribution < -0.4 is 21.9 Å². The molecule has 1 fully saturated rings. The van der Waals surface area contributed by atoms with E-state index in [9.17, 15) is 49.2 Å². The average molecular weight is 828 g/mol. The van der Waals surface area contributed by atoms with Gasteiger partial charge in [0.25, 0.3) is 35.2 Å². The zero-order chi connectivity index (χ0) is 40.6. The summed E-state index contributed by atoms with van der Waals surface area (Å²) in [6.45, 7) is 4.23. The molecule has 5 heterocycles. The number of rotatable bonds is 12. The maximum atomic E-state index is 13.6. The molecule has 0 spiro atoms. The number of carbonyl (C=O) groups excluding carboxylic acids is 4. The lowest BCUT2D eigenvalue weighted by Gasteiger charge is -2.49. The van der Waals surface area contributed by atoms with Crippen LogP contribution in [0.1, 0.15) is 46.2 Å². The molecule has 4 amide bonds. The number of aryl methyl sites for hydroxylation is 1. The van der Waals surface area contributed by atoms with Gasteiger partial charge in [0.1, 0.15) is 27.8 Å². The molecule has 0 radical (unpaired) electrons. The van der Waals surface area contributed by atoms with Crippen molar-refractivity contribution in [3.8, 4) is 11.5 Å². The molecular weight excluding hydrogens is 799 g/mol. The van der Waals surface area contributed by atoms with Crippen LogP contribution in [0.15, 0.2) is 51.1 Å². The van der Waals surface area contributed by atoms with E-state index in [1.807, 2.05) is 0 Å². The molecule has 25 heteroatoms. The van der Waals surface area contributed by atoms with Gasteiger partial charge < -0.3 is 36.3 Å². The van der Waals surface area contributed by atoms with E-state index in [1.165, 1.54) is 41.6 Å². The molecule has 1 saturated heterocycles. The van der Waals surface area contributed by atoms with E-state index < -0.39 is 75.6 Å². The smallest absolute Gasteiger partial charge is 0.375 e. The van der Waals surface area contributed by atoms with Gasteiger partial charge in [0, 0.05) is 28.1 Å². The number of nitrogens with zero attached hydrogens (tertiary/aromatic N) is 7. The van der Waals surface area contributed by atoms with E-state index in [4.69, 9.17) is 10.6 Å². The Bertz CT molecular complexity index is 2390. The highest BCUT2D eigenvalue weighted by Gasteiger charge is 2.54. The Kier molecular flexibility index (Phi) is 10.7. The lowest BCUT2D eigenvalue weighted by atomic mass is 10.0. The number of hydrazine groups is 1. The van der Waals surface area contributed by atoms with Crippen LogP contribution in [0.4, 0.5) is 5.13 Å². The second-order valence-electron chi connectivity index (χ2n) is 12.3. The second-order valence-corrected chi connectivity index (χ2v) is 15.3. The number of aliphatic carboxylic acids is 1. The van der Waals surface area contributed by atoms with E-state index in [1.54, 1.807) is 13.0 Å². The number of amides is 4. The number of carboxylic acids is 2. The van der Waals surface area contributed by atoms with E-state index in [0.29, 0.717) is 16.3 Å². The molecule has 1 aromatic carbocycles. The number of oxime groups is 1. The predicted molar refractivity (Wildman–Crippen MR) is 196 cm³/mol. The topological polar surface area (TPSA) is 326 Å². The minimum absolute atomic E-state index is 0.0467. The summed E-state index contributed by atoms with van der Waals surface area (Å²) in [5, 5.41) is 49.8. The molecule has 56 heavy (non-hydrogen) atoms. The van der Waals surface area contributed by atoms with Gasteiger partial charge in [-0.25, -0.2) is 24.1 Å². The lowest BCUT2D eigenvalue weighted by Crippen LogP contribution is -2.71. The molecular formula is C31H29N11O11S3. The highest BCUT2D eigenvalue weighted by Crippen LogP contribution is 2.41. The number of nitrogens with two attached hydrogens (primary N) is 1. The van der Waals surface area contributed by atoms with Crippen LogP contribution in [-0.2, 0) is 24.0 Å². The molecule has 0 aliphatic carbocycles. The Morgan fingerprint density at radius 2 is 1.82 bits per heavy atom. The van der Waals surface area contributed by atoms with Crippen molar-refractivity contribution < 1.29 is 54.0 Å². The van der Waals surface area contributed by atoms with E-state index in [2.05, 4.69) is 41.4 Å². The van der Waals surface area contributed by atoms with Crippen molar-refractivity contribution in [2.45, 2.75) is 42.8 Å². The number of thiazole rings is 1. The fourth-order valence-electron chi connectivity index (χ4n) is 5.12. The van der Waals surface area contributed by atoms with Gasteiger partial charge in [-0.2, -0.15) is 4.98 Å². The zero-order valence-electron chi connectivity index (χ0n) is 29.0. The van der Waals surface area contributed by atoms with Crippen molar-refractivity contribution in [3.63, 3.8) is 0 Å². The standard InChI is InChI=1S/C31H29N11O11S3/c1-11-6-17(34-30-36-21(27(50)51)39-42(11)30)54-8-13-9-55-25-19(24(47)41(25)20(13)26(48)49)35-23(46)18(14-10-56-29(32)33-14)40-53-31(2,3)28(52)38-37-22(45)12-4-5-15(43)16(44)7-12/h4-7,10,19,25,43-44H,8-9H2,1-3H3,(H2,32,33)(H,35,46)(H,37,45)(H,38,52)(H,48,49)(H,50,51)/b40-18-/t19-,25-/m1/s1. The normalized spacial score (nSPS) is 16.9. The van der Waals surface area contributed by atoms with Gasteiger partial charge in [-0.05, 0) is 50.6 Å². The second kappa shape index (κ2) is 15.3. The number of carbonyl (C=O) groups is 6. The quantitative estimate of drug-likeness (QED) is 0.0234. The fourth-order valence-corrected chi connectivity index (χ4v) is 8.10. The van der Waals surface area contributed by atoms with Gasteiger partial charge in [0.15, 0.2) is 22.3 Å². The molecule has 4 aromatic rings. The van der Waals surface area contributed by atoms with Crippen LogP contribution >= 0.6 is 34.9 Å². The highest BCUT2D eigenvalue weighted by atomic mass is 32.2. The number of aromatic carboxylic acids is 1. The number of hydrogen-bond donors (Lipinski definition) is 8. The molecule has 6 rings (SSSR count). The van der Waals surface area contributed by atoms with Gasteiger partial charge in [0.05, 0.1) is 0 Å². The Balaban J connectivity index is 1.13. The van der Waals surface area contributed by atoms with Crippen LogP contribution in [0, 0.1) is 6.92 Å². The van der Waals surface area contributed by atoms with Crippen LogP contribution in [0.3, 0.4) is 0 Å². The molecule has 292 valence electrons. The predicted octanol–water partition coefficient (Wildman–Crippen LogP) is 0.0722. The van der Waals surface area contributed by atoms with Crippen molar-refractivity contribution in [2.24, 2.45) is 5.16 Å². The Labute approximate surface area is 326 Å². The fraction of sp³-hybridized carbons (Fsp3) is 0.258. The van der Waals surface area contributed by atoms with Crippen LogP contribution in [0.2, 0.25) is 0 Å². The number of phenolic OH excluding ortho intramolecular Hbond substituents is 2. The number of nitrogen functional groups attached to an aromatic ring is 1. The van der Waals surface area contributed by atoms with Crippen LogP contribution in [0.5, 0.6) is 11.5 Å². The summed E-state index contributed by atoms with van der Waals surface area (Å²) in [5.74, 6) is -7.23. The molecule has 0 saturated carbocycles. The third-order valence-corrected chi connectivity index (χ3v) is 11.0. The van der Waals surface area contributed by atoms with E-state index in [-0.39, 0.29) is 39.4 Å². The number of fused-ring (bicyclic) bond motifs is 2. The third-order valence-electron chi connectivity index (χ3n) is 8.01. The minimum atomic E-state index is -1.83. The average Bonchev–Trinajstić information content (AvgIpc) is 3.79. The monoisotopic (exact) mass is 827 g/mol. The number of hydrogen-bond acceptors (Lipinski definition) is 18. The molecule has 2 aliphatic heterocycles. The van der Waals surface area contributed by atoms with Gasteiger partial charge in [0.2, 0.25) is 5.60 Å². The molecule has 0 bridgehead atoms. The SMILES string of the molecule is Cc1cc(SCC2=C(C(=O)O)N3C(=O)[C@@H](NC(=O)/C(=N\OC(C)(C)C(=O)NNC(=O)c4ccc(O)c(O)c4)c4csc(N)n4)[C@H]3SC2)nc2nc(C(=O)O)nn12. The molecule has 2 aliphatic rings. The van der Waals surface area contributed by atoms with Crippen molar-refractivity contribution >= 4 is 87.0 Å². The first-order chi connectivity index (χ1) is 26.4. The van der Waals surface area contributed by atoms with Gasteiger partial charge in [-0.3, -0.25) is 34.9 Å². The lowest BCUT2D eigenvalue weighted by molar-refractivity contribution is -0.150. The Morgan fingerprint density at radius 3 is 2.48 bits per heavy atom. The Hall–Kier alpha value is -6.47. The number of anilines is 1. The summed E-state index contributed by atoms with van der Waals surface area (Å²) in [7, 11) is 0. The number of benzene rings is 1. The van der Waals surface area contributed by atoms with Crippen molar-refractivity contribution in [3.05, 3.63) is 63.7 Å². The zero-order valence-corrected chi connectivity index (χ0v) is 31.5.